The third-order valence-corrected chi connectivity index (χ3v) is 3.94. The Morgan fingerprint density at radius 2 is 2.17 bits per heavy atom. The minimum atomic E-state index is -0.184. The van der Waals surface area contributed by atoms with E-state index >= 15 is 0 Å². The number of piperidine rings is 1. The average Bonchev–Trinajstić information content (AvgIpc) is 2.90. The lowest BCUT2D eigenvalue weighted by molar-refractivity contribution is -0.143. The molecule has 0 spiro atoms. The van der Waals surface area contributed by atoms with Crippen LogP contribution in [0.1, 0.15) is 46.0 Å². The molecule has 2 aliphatic rings. The van der Waals surface area contributed by atoms with Gasteiger partial charge in [-0.3, -0.25) is 4.79 Å². The van der Waals surface area contributed by atoms with Crippen molar-refractivity contribution in [2.45, 2.75) is 64.1 Å². The fourth-order valence-electron chi connectivity index (χ4n) is 2.83. The third kappa shape index (κ3) is 3.45. The second-order valence-electron chi connectivity index (χ2n) is 5.73. The first-order chi connectivity index (χ1) is 8.68. The lowest BCUT2D eigenvalue weighted by atomic mass is 10.0. The van der Waals surface area contributed by atoms with E-state index in [0.29, 0.717) is 6.04 Å². The Hall–Kier alpha value is -0.610. The molecule has 0 saturated carbocycles. The maximum Gasteiger partial charge on any atom is 0.251 e. The lowest BCUT2D eigenvalue weighted by Crippen LogP contribution is -2.51. The summed E-state index contributed by atoms with van der Waals surface area (Å²) in [4.78, 5) is 14.4. The van der Waals surface area contributed by atoms with E-state index in [1.165, 1.54) is 19.3 Å². The van der Waals surface area contributed by atoms with Crippen molar-refractivity contribution in [3.8, 4) is 0 Å². The molecule has 0 aromatic carbocycles. The normalized spacial score (nSPS) is 28.6. The molecule has 0 aromatic heterocycles. The number of carbonyl (C=O) groups excluding carboxylic acids is 1. The Balaban J connectivity index is 1.91. The van der Waals surface area contributed by atoms with Gasteiger partial charge in [-0.1, -0.05) is 6.42 Å². The third-order valence-electron chi connectivity index (χ3n) is 3.94. The summed E-state index contributed by atoms with van der Waals surface area (Å²) in [6.07, 6.45) is 5.44. The number of nitrogens with zero attached hydrogens (tertiary/aromatic N) is 1. The molecule has 2 atom stereocenters. The fourth-order valence-corrected chi connectivity index (χ4v) is 2.83. The molecule has 0 radical (unpaired) electrons. The fraction of sp³-hybridized carbons (Fsp3) is 0.929. The summed E-state index contributed by atoms with van der Waals surface area (Å²) in [5, 5.41) is 3.52. The van der Waals surface area contributed by atoms with Crippen LogP contribution >= 0.6 is 0 Å². The van der Waals surface area contributed by atoms with E-state index in [4.69, 9.17) is 4.74 Å². The minimum absolute atomic E-state index is 0.184. The standard InChI is InChI=1S/C14H26N2O2/c1-11(2)16(10-12-6-3-4-8-15-12)14(17)13-7-5-9-18-13/h11-13,15H,3-10H2,1-2H3/t12?,13-/m0/s1. The van der Waals surface area contributed by atoms with Gasteiger partial charge in [0, 0.05) is 25.2 Å². The number of ether oxygens (including phenoxy) is 1. The van der Waals surface area contributed by atoms with Crippen LogP contribution in [0.25, 0.3) is 0 Å². The Labute approximate surface area is 110 Å². The summed E-state index contributed by atoms with van der Waals surface area (Å²) < 4.78 is 5.52. The van der Waals surface area contributed by atoms with Gasteiger partial charge in [0.25, 0.3) is 5.91 Å². The van der Waals surface area contributed by atoms with Gasteiger partial charge >= 0.3 is 0 Å². The zero-order valence-corrected chi connectivity index (χ0v) is 11.7. The molecule has 2 aliphatic heterocycles. The summed E-state index contributed by atoms with van der Waals surface area (Å²) in [6, 6.07) is 0.719. The molecule has 2 fully saturated rings. The predicted octanol–water partition coefficient (Wildman–Crippen LogP) is 1.54. The summed E-state index contributed by atoms with van der Waals surface area (Å²) in [5.41, 5.74) is 0. The van der Waals surface area contributed by atoms with Crippen LogP contribution in [0.2, 0.25) is 0 Å². The van der Waals surface area contributed by atoms with Gasteiger partial charge < -0.3 is 15.0 Å². The molecule has 1 amide bonds. The maximum atomic E-state index is 12.4. The van der Waals surface area contributed by atoms with Gasteiger partial charge in [0.1, 0.15) is 6.10 Å². The molecule has 2 rings (SSSR count). The summed E-state index contributed by atoms with van der Waals surface area (Å²) >= 11 is 0. The number of hydrogen-bond acceptors (Lipinski definition) is 3. The Morgan fingerprint density at radius 1 is 1.33 bits per heavy atom. The molecule has 4 heteroatoms. The Kier molecular flexibility index (Phi) is 5.01. The molecule has 2 heterocycles. The van der Waals surface area contributed by atoms with E-state index in [1.807, 2.05) is 4.90 Å². The Bertz CT molecular complexity index is 269. The molecule has 1 N–H and O–H groups in total. The largest absolute Gasteiger partial charge is 0.368 e. The minimum Gasteiger partial charge on any atom is -0.368 e. The number of carbonyl (C=O) groups is 1. The van der Waals surface area contributed by atoms with Gasteiger partial charge in [-0.05, 0) is 46.1 Å². The van der Waals surface area contributed by atoms with Crippen molar-refractivity contribution in [3.63, 3.8) is 0 Å². The second-order valence-corrected chi connectivity index (χ2v) is 5.73. The van der Waals surface area contributed by atoms with Crippen molar-refractivity contribution in [3.05, 3.63) is 0 Å². The van der Waals surface area contributed by atoms with Crippen LogP contribution in [-0.4, -0.2) is 48.7 Å². The smallest absolute Gasteiger partial charge is 0.251 e. The number of amides is 1. The van der Waals surface area contributed by atoms with Crippen molar-refractivity contribution < 1.29 is 9.53 Å². The van der Waals surface area contributed by atoms with Crippen LogP contribution in [0.3, 0.4) is 0 Å². The molecule has 4 nitrogen and oxygen atoms in total. The van der Waals surface area contributed by atoms with Crippen molar-refractivity contribution in [2.75, 3.05) is 19.7 Å². The highest BCUT2D eigenvalue weighted by Crippen LogP contribution is 2.18. The van der Waals surface area contributed by atoms with Gasteiger partial charge in [0.15, 0.2) is 0 Å². The van der Waals surface area contributed by atoms with Gasteiger partial charge in [0.2, 0.25) is 0 Å². The molecular weight excluding hydrogens is 228 g/mol. The molecule has 0 aromatic rings. The number of hydrogen-bond donors (Lipinski definition) is 1. The number of rotatable bonds is 4. The molecule has 1 unspecified atom stereocenters. The molecular formula is C14H26N2O2. The first-order valence-electron chi connectivity index (χ1n) is 7.34. The van der Waals surface area contributed by atoms with Crippen molar-refractivity contribution in [1.82, 2.24) is 10.2 Å². The summed E-state index contributed by atoms with van der Waals surface area (Å²) in [6.45, 7) is 6.84. The van der Waals surface area contributed by atoms with Gasteiger partial charge in [-0.15, -0.1) is 0 Å². The first kappa shape index (κ1) is 13.8. The van der Waals surface area contributed by atoms with Gasteiger partial charge in [0.05, 0.1) is 0 Å². The van der Waals surface area contributed by atoms with Crippen LogP contribution in [0.5, 0.6) is 0 Å². The van der Waals surface area contributed by atoms with Crippen LogP contribution in [0.15, 0.2) is 0 Å². The van der Waals surface area contributed by atoms with Gasteiger partial charge in [-0.25, -0.2) is 0 Å². The maximum absolute atomic E-state index is 12.4. The second kappa shape index (κ2) is 6.53. The predicted molar refractivity (Wildman–Crippen MR) is 71.5 cm³/mol. The van der Waals surface area contributed by atoms with Crippen LogP contribution < -0.4 is 5.32 Å². The van der Waals surface area contributed by atoms with Crippen molar-refractivity contribution in [1.29, 1.82) is 0 Å². The van der Waals surface area contributed by atoms with Crippen LogP contribution in [-0.2, 0) is 9.53 Å². The molecule has 104 valence electrons. The molecule has 0 aliphatic carbocycles. The first-order valence-corrected chi connectivity index (χ1v) is 7.34. The summed E-state index contributed by atoms with van der Waals surface area (Å²) in [7, 11) is 0. The summed E-state index contributed by atoms with van der Waals surface area (Å²) in [5.74, 6) is 0.190. The average molecular weight is 254 g/mol. The van der Waals surface area contributed by atoms with Crippen LogP contribution in [0.4, 0.5) is 0 Å². The zero-order valence-electron chi connectivity index (χ0n) is 11.7. The SMILES string of the molecule is CC(C)N(CC1CCCCN1)C(=O)[C@@H]1CCCO1. The van der Waals surface area contributed by atoms with E-state index < -0.39 is 0 Å². The monoisotopic (exact) mass is 254 g/mol. The van der Waals surface area contributed by atoms with Crippen LogP contribution in [0, 0.1) is 0 Å². The van der Waals surface area contributed by atoms with E-state index in [0.717, 1.165) is 32.5 Å². The molecule has 18 heavy (non-hydrogen) atoms. The van der Waals surface area contributed by atoms with Gasteiger partial charge in [-0.2, -0.15) is 0 Å². The van der Waals surface area contributed by atoms with Crippen molar-refractivity contribution >= 4 is 5.91 Å². The highest BCUT2D eigenvalue weighted by atomic mass is 16.5. The zero-order chi connectivity index (χ0) is 13.0. The van der Waals surface area contributed by atoms with E-state index in [1.54, 1.807) is 0 Å². The number of nitrogens with one attached hydrogen (secondary N) is 1. The quantitative estimate of drug-likeness (QED) is 0.827. The Morgan fingerprint density at radius 3 is 2.72 bits per heavy atom. The highest BCUT2D eigenvalue weighted by Gasteiger charge is 2.31. The van der Waals surface area contributed by atoms with E-state index in [9.17, 15) is 4.79 Å². The van der Waals surface area contributed by atoms with Crippen molar-refractivity contribution in [2.24, 2.45) is 0 Å². The van der Waals surface area contributed by atoms with E-state index in [-0.39, 0.29) is 18.1 Å². The molecule has 0 bridgehead atoms. The lowest BCUT2D eigenvalue weighted by Gasteiger charge is -2.34. The molecule has 2 saturated heterocycles. The highest BCUT2D eigenvalue weighted by molar-refractivity contribution is 5.81. The van der Waals surface area contributed by atoms with E-state index in [2.05, 4.69) is 19.2 Å². The topological polar surface area (TPSA) is 41.6 Å².